The maximum absolute atomic E-state index is 14.0. The highest BCUT2D eigenvalue weighted by Gasteiger charge is 2.43. The van der Waals surface area contributed by atoms with Crippen LogP contribution >= 0.6 is 11.6 Å². The molecule has 1 saturated heterocycles. The van der Waals surface area contributed by atoms with Crippen molar-refractivity contribution in [1.82, 2.24) is 15.2 Å². The molecule has 160 valence electrons. The minimum absolute atomic E-state index is 0.135. The summed E-state index contributed by atoms with van der Waals surface area (Å²) < 4.78 is 14.0. The number of hydrogen-bond acceptors (Lipinski definition) is 4. The predicted octanol–water partition coefficient (Wildman–Crippen LogP) is 3.86. The number of imide groups is 1. The zero-order valence-electron chi connectivity index (χ0n) is 16.4. The molecule has 1 aliphatic heterocycles. The van der Waals surface area contributed by atoms with Gasteiger partial charge in [0.15, 0.2) is 6.04 Å². The van der Waals surface area contributed by atoms with Crippen molar-refractivity contribution in [3.05, 3.63) is 75.3 Å². The van der Waals surface area contributed by atoms with Crippen molar-refractivity contribution in [2.75, 3.05) is 0 Å². The van der Waals surface area contributed by atoms with Gasteiger partial charge in [0.2, 0.25) is 0 Å². The second-order valence-corrected chi connectivity index (χ2v) is 7.50. The minimum atomic E-state index is -1.78. The number of aryl methyl sites for hydroxylation is 1. The molecule has 1 fully saturated rings. The smallest absolute Gasteiger partial charge is 0.331 e. The topological polar surface area (TPSA) is 126 Å². The van der Waals surface area contributed by atoms with Crippen LogP contribution in [0, 0.1) is 24.1 Å². The van der Waals surface area contributed by atoms with Gasteiger partial charge in [-0.2, -0.15) is 5.26 Å². The van der Waals surface area contributed by atoms with E-state index in [2.05, 4.69) is 10.3 Å². The first-order chi connectivity index (χ1) is 15.2. The van der Waals surface area contributed by atoms with Crippen LogP contribution in [0.15, 0.2) is 42.2 Å². The number of carboxylic acid groups (broad SMARTS) is 1. The lowest BCUT2D eigenvalue weighted by atomic mass is 10.0. The number of halogens is 2. The summed E-state index contributed by atoms with van der Waals surface area (Å²) >= 11 is 6.13. The first-order valence-corrected chi connectivity index (χ1v) is 9.65. The van der Waals surface area contributed by atoms with Crippen molar-refractivity contribution < 1.29 is 23.9 Å². The number of nitriles is 1. The summed E-state index contributed by atoms with van der Waals surface area (Å²) in [5, 5.41) is 22.2. The summed E-state index contributed by atoms with van der Waals surface area (Å²) in [6.07, 6.45) is 3.05. The molecule has 0 spiro atoms. The standard InChI is InChI=1S/C22H14ClFN4O4/c1-10-15(23)5-4-14-13(9-26-18(10)14)7-17-20(29)28(22(32)27-17)19(21(30)31)11-2-3-12(8-25)16(24)6-11/h2-7,9,19,26H,1H3,(H,27,32)(H,30,31). The van der Waals surface area contributed by atoms with Crippen LogP contribution in [0.3, 0.4) is 0 Å². The third-order valence-electron chi connectivity index (χ3n) is 5.21. The van der Waals surface area contributed by atoms with Gasteiger partial charge in [-0.25, -0.2) is 18.9 Å². The van der Waals surface area contributed by atoms with Gasteiger partial charge in [-0.15, -0.1) is 0 Å². The molecule has 2 aromatic carbocycles. The number of nitrogens with one attached hydrogen (secondary N) is 2. The Morgan fingerprint density at radius 3 is 2.72 bits per heavy atom. The largest absolute Gasteiger partial charge is 0.479 e. The van der Waals surface area contributed by atoms with Crippen LogP contribution in [0.2, 0.25) is 5.02 Å². The van der Waals surface area contributed by atoms with Crippen molar-refractivity contribution >= 4 is 46.5 Å². The number of nitrogens with zero attached hydrogens (tertiary/aromatic N) is 2. The fourth-order valence-corrected chi connectivity index (χ4v) is 3.75. The average molecular weight is 453 g/mol. The lowest BCUT2D eigenvalue weighted by Gasteiger charge is -2.21. The van der Waals surface area contributed by atoms with Crippen LogP contribution < -0.4 is 5.32 Å². The number of carbonyl (C=O) groups excluding carboxylic acids is 2. The Kier molecular flexibility index (Phi) is 5.16. The quantitative estimate of drug-likeness (QED) is 0.409. The highest BCUT2D eigenvalue weighted by Crippen LogP contribution is 2.31. The number of aromatic amines is 1. The summed E-state index contributed by atoms with van der Waals surface area (Å²) in [7, 11) is 0. The molecule has 3 N–H and O–H groups in total. The van der Waals surface area contributed by atoms with E-state index in [4.69, 9.17) is 16.9 Å². The number of hydrogen-bond donors (Lipinski definition) is 3. The molecule has 0 saturated carbocycles. The molecule has 3 amide bonds. The fourth-order valence-electron chi connectivity index (χ4n) is 3.59. The predicted molar refractivity (Wildman–Crippen MR) is 113 cm³/mol. The molecule has 32 heavy (non-hydrogen) atoms. The fraction of sp³-hybridized carbons (Fsp3) is 0.0909. The lowest BCUT2D eigenvalue weighted by Crippen LogP contribution is -2.39. The summed E-state index contributed by atoms with van der Waals surface area (Å²) in [5.41, 5.74) is 1.58. The van der Waals surface area contributed by atoms with Gasteiger partial charge >= 0.3 is 12.0 Å². The number of amides is 3. The molecule has 8 nitrogen and oxygen atoms in total. The Morgan fingerprint density at radius 1 is 1.31 bits per heavy atom. The van der Waals surface area contributed by atoms with Crippen molar-refractivity contribution in [1.29, 1.82) is 5.26 Å². The van der Waals surface area contributed by atoms with Gasteiger partial charge in [-0.1, -0.05) is 23.7 Å². The van der Waals surface area contributed by atoms with Crippen molar-refractivity contribution in [3.8, 4) is 6.07 Å². The van der Waals surface area contributed by atoms with E-state index < -0.39 is 29.8 Å². The van der Waals surface area contributed by atoms with Gasteiger partial charge in [0.05, 0.1) is 11.1 Å². The highest BCUT2D eigenvalue weighted by molar-refractivity contribution is 6.32. The van der Waals surface area contributed by atoms with E-state index in [1.165, 1.54) is 12.1 Å². The molecule has 1 unspecified atom stereocenters. The van der Waals surface area contributed by atoms with Crippen LogP contribution in [-0.4, -0.2) is 32.9 Å². The molecular formula is C22H14ClFN4O4. The van der Waals surface area contributed by atoms with Gasteiger partial charge in [0.25, 0.3) is 5.91 Å². The molecule has 1 atom stereocenters. The van der Waals surface area contributed by atoms with E-state index in [1.807, 2.05) is 6.92 Å². The van der Waals surface area contributed by atoms with Gasteiger partial charge < -0.3 is 15.4 Å². The maximum atomic E-state index is 14.0. The maximum Gasteiger partial charge on any atom is 0.331 e. The normalized spacial score (nSPS) is 15.8. The monoisotopic (exact) mass is 452 g/mol. The Morgan fingerprint density at radius 2 is 2.06 bits per heavy atom. The summed E-state index contributed by atoms with van der Waals surface area (Å²) in [4.78, 5) is 41.0. The second-order valence-electron chi connectivity index (χ2n) is 7.09. The van der Waals surface area contributed by atoms with Crippen LogP contribution in [0.5, 0.6) is 0 Å². The van der Waals surface area contributed by atoms with Crippen molar-refractivity contribution in [3.63, 3.8) is 0 Å². The van der Waals surface area contributed by atoms with Gasteiger partial charge in [0, 0.05) is 22.2 Å². The van der Waals surface area contributed by atoms with Gasteiger partial charge in [-0.05, 0) is 42.3 Å². The third-order valence-corrected chi connectivity index (χ3v) is 5.62. The number of carbonyl (C=O) groups is 3. The number of rotatable bonds is 4. The number of aliphatic carboxylic acids is 1. The Bertz CT molecular complexity index is 1390. The molecule has 1 aliphatic rings. The van der Waals surface area contributed by atoms with E-state index >= 15 is 0 Å². The average Bonchev–Trinajstić information content (AvgIpc) is 3.27. The van der Waals surface area contributed by atoms with Crippen molar-refractivity contribution in [2.24, 2.45) is 0 Å². The number of urea groups is 1. The summed E-state index contributed by atoms with van der Waals surface area (Å²) in [6.45, 7) is 1.83. The summed E-state index contributed by atoms with van der Waals surface area (Å²) in [5.74, 6) is -3.37. The molecule has 2 heterocycles. The molecular weight excluding hydrogens is 439 g/mol. The molecule has 0 bridgehead atoms. The Hall–Kier alpha value is -4.16. The van der Waals surface area contributed by atoms with Crippen LogP contribution in [0.4, 0.5) is 9.18 Å². The van der Waals surface area contributed by atoms with Crippen molar-refractivity contribution in [2.45, 2.75) is 13.0 Å². The zero-order chi connectivity index (χ0) is 23.2. The van der Waals surface area contributed by atoms with Crippen LogP contribution in [0.25, 0.3) is 17.0 Å². The van der Waals surface area contributed by atoms with Gasteiger partial charge in [-0.3, -0.25) is 4.79 Å². The third kappa shape index (κ3) is 3.36. The Labute approximate surface area is 185 Å². The van der Waals surface area contributed by atoms with E-state index in [9.17, 15) is 23.9 Å². The molecule has 10 heteroatoms. The van der Waals surface area contributed by atoms with E-state index in [1.54, 1.807) is 24.4 Å². The highest BCUT2D eigenvalue weighted by atomic mass is 35.5. The number of H-pyrrole nitrogens is 1. The SMILES string of the molecule is Cc1c(Cl)ccc2c(C=C3NC(=O)N(C(C(=O)O)c4ccc(C#N)c(F)c4)C3=O)c[nH]c12. The first kappa shape index (κ1) is 21.1. The van der Waals surface area contributed by atoms with E-state index in [0.717, 1.165) is 28.6 Å². The molecule has 4 rings (SSSR count). The van der Waals surface area contributed by atoms with E-state index in [0.29, 0.717) is 15.5 Å². The number of benzene rings is 2. The zero-order valence-corrected chi connectivity index (χ0v) is 17.2. The molecule has 0 aliphatic carbocycles. The first-order valence-electron chi connectivity index (χ1n) is 9.27. The number of fused-ring (bicyclic) bond motifs is 1. The second kappa shape index (κ2) is 7.83. The number of carboxylic acids is 1. The van der Waals surface area contributed by atoms with Crippen LogP contribution in [-0.2, 0) is 9.59 Å². The van der Waals surface area contributed by atoms with Gasteiger partial charge in [0.1, 0.15) is 17.6 Å². The lowest BCUT2D eigenvalue weighted by molar-refractivity contribution is -0.146. The molecule has 0 radical (unpaired) electrons. The minimum Gasteiger partial charge on any atom is -0.479 e. The Balaban J connectivity index is 1.73. The molecule has 3 aromatic rings. The van der Waals surface area contributed by atoms with E-state index in [-0.39, 0.29) is 16.8 Å². The summed E-state index contributed by atoms with van der Waals surface area (Å²) in [6, 6.07) is 5.46. The van der Waals surface area contributed by atoms with Crippen LogP contribution in [0.1, 0.15) is 28.3 Å². The molecule has 1 aromatic heterocycles. The number of aromatic nitrogens is 1.